The highest BCUT2D eigenvalue weighted by Crippen LogP contribution is 2.22. The quantitative estimate of drug-likeness (QED) is 0.802. The number of rotatable bonds is 6. The number of aromatic nitrogens is 1. The summed E-state index contributed by atoms with van der Waals surface area (Å²) in [7, 11) is 0. The van der Waals surface area contributed by atoms with Gasteiger partial charge in [0.25, 0.3) is 5.91 Å². The van der Waals surface area contributed by atoms with Crippen molar-refractivity contribution in [3.05, 3.63) is 53.7 Å². The molecule has 1 saturated heterocycles. The Morgan fingerprint density at radius 3 is 2.43 bits per heavy atom. The third-order valence-corrected chi connectivity index (χ3v) is 4.88. The molecule has 2 heterocycles. The molecule has 0 bridgehead atoms. The number of benzene rings is 1. The Morgan fingerprint density at radius 2 is 1.82 bits per heavy atom. The molecule has 1 fully saturated rings. The summed E-state index contributed by atoms with van der Waals surface area (Å²) < 4.78 is 5.36. The summed E-state index contributed by atoms with van der Waals surface area (Å²) >= 11 is 0. The van der Waals surface area contributed by atoms with Crippen LogP contribution in [-0.2, 0) is 10.2 Å². The molecule has 1 amide bonds. The van der Waals surface area contributed by atoms with Crippen LogP contribution in [0.25, 0.3) is 0 Å². The minimum Gasteiger partial charge on any atom is -0.383 e. The SMILES string of the molecule is CC(C)(C)c1ccc(C(=O)Nc2ccc(NCCN3CCOCC3)cn2)cc1. The van der Waals surface area contributed by atoms with Gasteiger partial charge in [-0.25, -0.2) is 4.98 Å². The summed E-state index contributed by atoms with van der Waals surface area (Å²) in [4.78, 5) is 19.1. The van der Waals surface area contributed by atoms with E-state index in [0.717, 1.165) is 45.1 Å². The molecule has 0 saturated carbocycles. The smallest absolute Gasteiger partial charge is 0.256 e. The van der Waals surface area contributed by atoms with Crippen molar-refractivity contribution in [2.45, 2.75) is 26.2 Å². The number of anilines is 2. The van der Waals surface area contributed by atoms with Gasteiger partial charge in [-0.15, -0.1) is 0 Å². The van der Waals surface area contributed by atoms with Gasteiger partial charge < -0.3 is 15.4 Å². The molecule has 28 heavy (non-hydrogen) atoms. The largest absolute Gasteiger partial charge is 0.383 e. The first-order valence-electron chi connectivity index (χ1n) is 9.84. The maximum Gasteiger partial charge on any atom is 0.256 e. The minimum absolute atomic E-state index is 0.0706. The first-order valence-corrected chi connectivity index (χ1v) is 9.84. The lowest BCUT2D eigenvalue weighted by Gasteiger charge is -2.26. The molecule has 1 aliphatic rings. The molecule has 0 aliphatic carbocycles. The summed E-state index contributed by atoms with van der Waals surface area (Å²) in [6.45, 7) is 11.9. The van der Waals surface area contributed by atoms with Crippen LogP contribution in [0.1, 0.15) is 36.7 Å². The summed E-state index contributed by atoms with van der Waals surface area (Å²) in [5, 5.41) is 6.22. The van der Waals surface area contributed by atoms with E-state index in [0.29, 0.717) is 11.4 Å². The second-order valence-corrected chi connectivity index (χ2v) is 8.09. The van der Waals surface area contributed by atoms with E-state index in [1.54, 1.807) is 6.20 Å². The molecular weight excluding hydrogens is 352 g/mol. The molecule has 6 nitrogen and oxygen atoms in total. The number of amides is 1. The van der Waals surface area contributed by atoms with E-state index in [9.17, 15) is 4.79 Å². The molecule has 2 aromatic rings. The van der Waals surface area contributed by atoms with Crippen molar-refractivity contribution < 1.29 is 9.53 Å². The van der Waals surface area contributed by atoms with Crippen LogP contribution in [-0.4, -0.2) is 55.2 Å². The molecule has 6 heteroatoms. The Bertz CT molecular complexity index is 761. The minimum atomic E-state index is -0.152. The Hall–Kier alpha value is -2.44. The zero-order valence-corrected chi connectivity index (χ0v) is 17.0. The third kappa shape index (κ3) is 5.78. The van der Waals surface area contributed by atoms with Crippen molar-refractivity contribution >= 4 is 17.4 Å². The third-order valence-electron chi connectivity index (χ3n) is 4.88. The topological polar surface area (TPSA) is 66.5 Å². The molecule has 0 atom stereocenters. The van der Waals surface area contributed by atoms with Crippen molar-refractivity contribution in [1.82, 2.24) is 9.88 Å². The number of ether oxygens (including phenoxy) is 1. The van der Waals surface area contributed by atoms with Crippen molar-refractivity contribution in [3.8, 4) is 0 Å². The molecule has 1 aromatic heterocycles. The predicted molar refractivity (Wildman–Crippen MR) is 113 cm³/mol. The van der Waals surface area contributed by atoms with Gasteiger partial charge in [0.2, 0.25) is 0 Å². The first kappa shape index (κ1) is 20.3. The van der Waals surface area contributed by atoms with Crippen LogP contribution in [0.3, 0.4) is 0 Å². The van der Waals surface area contributed by atoms with E-state index >= 15 is 0 Å². The van der Waals surface area contributed by atoms with Gasteiger partial charge in [-0.1, -0.05) is 32.9 Å². The average Bonchev–Trinajstić information content (AvgIpc) is 2.69. The molecule has 2 N–H and O–H groups in total. The van der Waals surface area contributed by atoms with E-state index in [-0.39, 0.29) is 11.3 Å². The summed E-state index contributed by atoms with van der Waals surface area (Å²) in [5.74, 6) is 0.393. The Labute approximate surface area is 167 Å². The lowest BCUT2D eigenvalue weighted by Crippen LogP contribution is -2.39. The van der Waals surface area contributed by atoms with Crippen LogP contribution >= 0.6 is 0 Å². The van der Waals surface area contributed by atoms with Gasteiger partial charge in [0.05, 0.1) is 25.1 Å². The Balaban J connectivity index is 1.48. The van der Waals surface area contributed by atoms with Crippen LogP contribution in [0.5, 0.6) is 0 Å². The molecule has 150 valence electrons. The maximum absolute atomic E-state index is 12.4. The monoisotopic (exact) mass is 382 g/mol. The average molecular weight is 383 g/mol. The van der Waals surface area contributed by atoms with Crippen LogP contribution in [0.4, 0.5) is 11.5 Å². The standard InChI is InChI=1S/C22H30N4O2/c1-22(2,3)18-6-4-17(5-7-18)21(27)25-20-9-8-19(16-24-20)23-10-11-26-12-14-28-15-13-26/h4-9,16,23H,10-15H2,1-3H3,(H,24,25,27). The van der Waals surface area contributed by atoms with Crippen LogP contribution < -0.4 is 10.6 Å². The highest BCUT2D eigenvalue weighted by molar-refractivity contribution is 6.03. The number of pyridine rings is 1. The van der Waals surface area contributed by atoms with Crippen LogP contribution in [0.15, 0.2) is 42.6 Å². The van der Waals surface area contributed by atoms with Gasteiger partial charge in [-0.3, -0.25) is 9.69 Å². The lowest BCUT2D eigenvalue weighted by molar-refractivity contribution is 0.0398. The molecule has 3 rings (SSSR count). The Kier molecular flexibility index (Phi) is 6.65. The van der Waals surface area contributed by atoms with Crippen molar-refractivity contribution in [2.75, 3.05) is 50.0 Å². The normalized spacial score (nSPS) is 15.2. The Morgan fingerprint density at radius 1 is 1.11 bits per heavy atom. The summed E-state index contributed by atoms with van der Waals surface area (Å²) in [5.41, 5.74) is 2.85. The number of hydrogen-bond acceptors (Lipinski definition) is 5. The summed E-state index contributed by atoms with van der Waals surface area (Å²) in [6.07, 6.45) is 1.75. The van der Waals surface area contributed by atoms with E-state index in [1.807, 2.05) is 36.4 Å². The highest BCUT2D eigenvalue weighted by Gasteiger charge is 2.14. The predicted octanol–water partition coefficient (Wildman–Crippen LogP) is 3.38. The van der Waals surface area contributed by atoms with Gasteiger partial charge in [-0.2, -0.15) is 0 Å². The van der Waals surface area contributed by atoms with Gasteiger partial charge in [0, 0.05) is 31.7 Å². The number of nitrogens with one attached hydrogen (secondary N) is 2. The zero-order valence-electron chi connectivity index (χ0n) is 17.0. The molecule has 0 spiro atoms. The molecule has 1 aliphatic heterocycles. The lowest BCUT2D eigenvalue weighted by atomic mass is 9.87. The van der Waals surface area contributed by atoms with E-state index in [2.05, 4.69) is 41.3 Å². The number of nitrogens with zero attached hydrogens (tertiary/aromatic N) is 2. The first-order chi connectivity index (χ1) is 13.4. The van der Waals surface area contributed by atoms with Crippen molar-refractivity contribution in [2.24, 2.45) is 0 Å². The van der Waals surface area contributed by atoms with E-state index < -0.39 is 0 Å². The van der Waals surface area contributed by atoms with Gasteiger partial charge in [-0.05, 0) is 35.2 Å². The summed E-state index contributed by atoms with van der Waals surface area (Å²) in [6, 6.07) is 11.5. The molecule has 1 aromatic carbocycles. The fourth-order valence-corrected chi connectivity index (χ4v) is 3.07. The fourth-order valence-electron chi connectivity index (χ4n) is 3.07. The van der Waals surface area contributed by atoms with E-state index in [1.165, 1.54) is 5.56 Å². The molecule has 0 unspecified atom stereocenters. The van der Waals surface area contributed by atoms with Crippen molar-refractivity contribution in [1.29, 1.82) is 0 Å². The second-order valence-electron chi connectivity index (χ2n) is 8.09. The number of hydrogen-bond donors (Lipinski definition) is 2. The fraction of sp³-hybridized carbons (Fsp3) is 0.455. The van der Waals surface area contributed by atoms with Gasteiger partial charge in [0.1, 0.15) is 5.82 Å². The zero-order chi connectivity index (χ0) is 20.0. The van der Waals surface area contributed by atoms with E-state index in [4.69, 9.17) is 4.74 Å². The number of morpholine rings is 1. The van der Waals surface area contributed by atoms with Crippen LogP contribution in [0.2, 0.25) is 0 Å². The van der Waals surface area contributed by atoms with Crippen LogP contribution in [0, 0.1) is 0 Å². The molecular formula is C22H30N4O2. The maximum atomic E-state index is 12.4. The van der Waals surface area contributed by atoms with Gasteiger partial charge >= 0.3 is 0 Å². The van der Waals surface area contributed by atoms with Crippen molar-refractivity contribution in [3.63, 3.8) is 0 Å². The molecule has 0 radical (unpaired) electrons. The number of carbonyl (C=O) groups excluding carboxylic acids is 1. The second kappa shape index (κ2) is 9.17. The highest BCUT2D eigenvalue weighted by atomic mass is 16.5. The van der Waals surface area contributed by atoms with Gasteiger partial charge in [0.15, 0.2) is 0 Å². The number of carbonyl (C=O) groups is 1.